The van der Waals surface area contributed by atoms with Crippen molar-refractivity contribution in [3.05, 3.63) is 71.1 Å². The normalized spacial score (nSPS) is 11.1. The highest BCUT2D eigenvalue weighted by molar-refractivity contribution is 9.10. The van der Waals surface area contributed by atoms with Crippen LogP contribution in [0, 0.1) is 0 Å². The van der Waals surface area contributed by atoms with Crippen LogP contribution in [0.1, 0.15) is 5.56 Å². The van der Waals surface area contributed by atoms with Gasteiger partial charge in [0.25, 0.3) is 5.91 Å². The van der Waals surface area contributed by atoms with E-state index in [4.69, 9.17) is 23.2 Å². The largest absolute Gasteiger partial charge is 0.369 e. The molecule has 0 saturated heterocycles. The van der Waals surface area contributed by atoms with Crippen molar-refractivity contribution < 1.29 is 4.79 Å². The fourth-order valence-electron chi connectivity index (χ4n) is 2.94. The summed E-state index contributed by atoms with van der Waals surface area (Å²) in [6.07, 6.45) is 5.07. The summed E-state index contributed by atoms with van der Waals surface area (Å²) in [6.45, 7) is 1.59. The molecule has 31 heavy (non-hydrogen) atoms. The molecule has 1 heterocycles. The summed E-state index contributed by atoms with van der Waals surface area (Å²) >= 11 is 15.1. The minimum Gasteiger partial charge on any atom is -0.369 e. The Bertz CT molecular complexity index is 1000. The average Bonchev–Trinajstić information content (AvgIpc) is 3.23. The van der Waals surface area contributed by atoms with Crippen molar-refractivity contribution >= 4 is 56.9 Å². The van der Waals surface area contributed by atoms with Gasteiger partial charge in [0.05, 0.1) is 18.2 Å². The van der Waals surface area contributed by atoms with E-state index < -0.39 is 0 Å². The number of imidazole rings is 1. The van der Waals surface area contributed by atoms with Gasteiger partial charge in [0, 0.05) is 46.8 Å². The third-order valence-corrected chi connectivity index (χ3v) is 5.34. The molecule has 2 aromatic carbocycles. The molecule has 0 aliphatic heterocycles. The Labute approximate surface area is 200 Å². The van der Waals surface area contributed by atoms with E-state index >= 15 is 0 Å². The van der Waals surface area contributed by atoms with E-state index in [-0.39, 0.29) is 12.5 Å². The molecule has 6 nitrogen and oxygen atoms in total. The first kappa shape index (κ1) is 23.3. The van der Waals surface area contributed by atoms with Crippen LogP contribution < -0.4 is 10.3 Å². The van der Waals surface area contributed by atoms with Crippen molar-refractivity contribution in [1.29, 1.82) is 0 Å². The van der Waals surface area contributed by atoms with Crippen LogP contribution in [0.3, 0.4) is 0 Å². The number of hydrogen-bond donors (Lipinski definition) is 1. The van der Waals surface area contributed by atoms with Gasteiger partial charge in [-0.2, -0.15) is 5.10 Å². The molecule has 1 N–H and O–H groups in total. The first-order valence-corrected chi connectivity index (χ1v) is 11.5. The van der Waals surface area contributed by atoms with Crippen molar-refractivity contribution in [3.8, 4) is 11.3 Å². The number of halogens is 3. The lowest BCUT2D eigenvalue weighted by Crippen LogP contribution is -2.27. The van der Waals surface area contributed by atoms with Gasteiger partial charge in [-0.1, -0.05) is 40.2 Å². The van der Waals surface area contributed by atoms with Crippen molar-refractivity contribution in [1.82, 2.24) is 15.0 Å². The number of nitrogens with one attached hydrogen (secondary N) is 1. The Morgan fingerprint density at radius 1 is 1.10 bits per heavy atom. The molecule has 0 saturated carbocycles. The fourth-order valence-corrected chi connectivity index (χ4v) is 3.61. The second kappa shape index (κ2) is 11.9. The van der Waals surface area contributed by atoms with Crippen LogP contribution in [0.5, 0.6) is 0 Å². The van der Waals surface area contributed by atoms with Gasteiger partial charge in [-0.25, -0.2) is 10.4 Å². The molecule has 0 radical (unpaired) electrons. The molecule has 3 aromatic rings. The van der Waals surface area contributed by atoms with E-state index in [9.17, 15) is 4.79 Å². The number of hydrogen-bond acceptors (Lipinski definition) is 4. The number of amides is 1. The maximum absolute atomic E-state index is 12.2. The second-order valence-corrected chi connectivity index (χ2v) is 8.36. The summed E-state index contributed by atoms with van der Waals surface area (Å²) in [7, 11) is 0. The van der Waals surface area contributed by atoms with Crippen molar-refractivity contribution in [3.63, 3.8) is 0 Å². The number of carbonyl (C=O) groups excluding carboxylic acids is 1. The van der Waals surface area contributed by atoms with E-state index in [1.54, 1.807) is 17.1 Å². The average molecular weight is 523 g/mol. The molecule has 3 rings (SSSR count). The topological polar surface area (TPSA) is 62.5 Å². The Kier molecular flexibility index (Phi) is 8.94. The number of carbonyl (C=O) groups is 1. The highest BCUT2D eigenvalue weighted by Crippen LogP contribution is 2.20. The highest BCUT2D eigenvalue weighted by Gasteiger charge is 2.06. The zero-order valence-corrected chi connectivity index (χ0v) is 19.8. The number of hydrazone groups is 1. The number of alkyl halides is 2. The van der Waals surface area contributed by atoms with Gasteiger partial charge in [0.15, 0.2) is 0 Å². The zero-order chi connectivity index (χ0) is 22.1. The molecular formula is C22H22BrCl2N5O. The number of anilines is 1. The second-order valence-electron chi connectivity index (χ2n) is 6.69. The lowest BCUT2D eigenvalue weighted by Gasteiger charge is -2.22. The lowest BCUT2D eigenvalue weighted by molar-refractivity contribution is -0.121. The molecule has 0 unspecified atom stereocenters. The van der Waals surface area contributed by atoms with Crippen LogP contribution in [0.2, 0.25) is 0 Å². The fraction of sp³-hybridized carbons (Fsp3) is 0.227. The number of benzene rings is 2. The number of rotatable bonds is 10. The Morgan fingerprint density at radius 2 is 1.77 bits per heavy atom. The lowest BCUT2D eigenvalue weighted by atomic mass is 10.2. The monoisotopic (exact) mass is 521 g/mol. The molecule has 162 valence electrons. The van der Waals surface area contributed by atoms with E-state index in [0.29, 0.717) is 11.8 Å². The summed E-state index contributed by atoms with van der Waals surface area (Å²) in [5.74, 6) is 0.837. The van der Waals surface area contributed by atoms with Crippen LogP contribution in [0.4, 0.5) is 5.69 Å². The van der Waals surface area contributed by atoms with E-state index in [1.807, 2.05) is 54.7 Å². The van der Waals surface area contributed by atoms with Crippen LogP contribution in [-0.2, 0) is 11.3 Å². The van der Waals surface area contributed by atoms with Gasteiger partial charge in [-0.15, -0.1) is 23.2 Å². The first-order valence-electron chi connectivity index (χ1n) is 9.65. The molecule has 0 atom stereocenters. The SMILES string of the molecule is O=C(Cn1cnc(-c2ccc(Br)cc2)c1)N/N=C\c1ccc(N(CCCl)CCCl)cc1. The van der Waals surface area contributed by atoms with E-state index in [0.717, 1.165) is 40.1 Å². The predicted molar refractivity (Wildman–Crippen MR) is 131 cm³/mol. The zero-order valence-electron chi connectivity index (χ0n) is 16.7. The first-order chi connectivity index (χ1) is 15.1. The molecule has 1 amide bonds. The molecule has 0 bridgehead atoms. The highest BCUT2D eigenvalue weighted by atomic mass is 79.9. The maximum atomic E-state index is 12.2. The Hall–Kier alpha value is -2.35. The maximum Gasteiger partial charge on any atom is 0.260 e. The summed E-state index contributed by atoms with van der Waals surface area (Å²) in [5.41, 5.74) is 6.26. The van der Waals surface area contributed by atoms with Crippen LogP contribution >= 0.6 is 39.1 Å². The summed E-state index contributed by atoms with van der Waals surface area (Å²) in [6, 6.07) is 15.7. The number of nitrogens with zero attached hydrogens (tertiary/aromatic N) is 4. The molecule has 0 aliphatic carbocycles. The molecule has 1 aromatic heterocycles. The van der Waals surface area contributed by atoms with Crippen LogP contribution in [-0.4, -0.2) is 46.5 Å². The summed E-state index contributed by atoms with van der Waals surface area (Å²) in [4.78, 5) is 18.6. The van der Waals surface area contributed by atoms with E-state index in [1.165, 1.54) is 0 Å². The Balaban J connectivity index is 1.52. The third-order valence-electron chi connectivity index (χ3n) is 4.47. The summed E-state index contributed by atoms with van der Waals surface area (Å²) < 4.78 is 2.73. The third kappa shape index (κ3) is 7.09. The minimum absolute atomic E-state index is 0.131. The van der Waals surface area contributed by atoms with Gasteiger partial charge in [-0.3, -0.25) is 4.79 Å². The molecular weight excluding hydrogens is 501 g/mol. The van der Waals surface area contributed by atoms with Crippen LogP contribution in [0.25, 0.3) is 11.3 Å². The van der Waals surface area contributed by atoms with Crippen molar-refractivity contribution in [2.45, 2.75) is 6.54 Å². The van der Waals surface area contributed by atoms with Gasteiger partial charge < -0.3 is 9.47 Å². The quantitative estimate of drug-likeness (QED) is 0.237. The van der Waals surface area contributed by atoms with Crippen LogP contribution in [0.15, 0.2) is 70.6 Å². The van der Waals surface area contributed by atoms with Crippen molar-refractivity contribution in [2.24, 2.45) is 5.10 Å². The smallest absolute Gasteiger partial charge is 0.260 e. The summed E-state index contributed by atoms with van der Waals surface area (Å²) in [5, 5.41) is 4.04. The minimum atomic E-state index is -0.233. The van der Waals surface area contributed by atoms with Gasteiger partial charge >= 0.3 is 0 Å². The van der Waals surface area contributed by atoms with Crippen molar-refractivity contribution in [2.75, 3.05) is 29.7 Å². The molecule has 0 fully saturated rings. The molecule has 0 aliphatic rings. The van der Waals surface area contributed by atoms with Gasteiger partial charge in [-0.05, 0) is 29.8 Å². The van der Waals surface area contributed by atoms with Gasteiger partial charge in [0.2, 0.25) is 0 Å². The predicted octanol–water partition coefficient (Wildman–Crippen LogP) is 4.75. The van der Waals surface area contributed by atoms with Gasteiger partial charge in [0.1, 0.15) is 6.54 Å². The standard InChI is InChI=1S/C22H22BrCl2N5O/c23-19-5-3-18(4-6-19)21-14-29(16-26-21)15-22(31)28-27-13-17-1-7-20(8-2-17)30(11-9-24)12-10-25/h1-8,13-14,16H,9-12,15H2,(H,28,31)/b27-13-. The number of aromatic nitrogens is 2. The van der Waals surface area contributed by atoms with E-state index in [2.05, 4.69) is 36.3 Å². The Morgan fingerprint density at radius 3 is 2.42 bits per heavy atom. The molecule has 9 heteroatoms. The molecule has 0 spiro atoms.